The van der Waals surface area contributed by atoms with Crippen molar-refractivity contribution < 1.29 is 27.5 Å². The van der Waals surface area contributed by atoms with Crippen molar-refractivity contribution in [1.29, 1.82) is 0 Å². The van der Waals surface area contributed by atoms with Crippen molar-refractivity contribution >= 4 is 17.4 Å². The van der Waals surface area contributed by atoms with Crippen molar-refractivity contribution in [3.63, 3.8) is 0 Å². The van der Waals surface area contributed by atoms with Gasteiger partial charge in [0.05, 0.1) is 0 Å². The number of rotatable bonds is 11. The highest BCUT2D eigenvalue weighted by Crippen LogP contribution is 2.21. The van der Waals surface area contributed by atoms with E-state index in [4.69, 9.17) is 4.74 Å². The van der Waals surface area contributed by atoms with Gasteiger partial charge in [-0.2, -0.15) is 13.2 Å². The summed E-state index contributed by atoms with van der Waals surface area (Å²) in [5.41, 5.74) is 1.66. The van der Waals surface area contributed by atoms with Gasteiger partial charge in [-0.3, -0.25) is 9.59 Å². The van der Waals surface area contributed by atoms with E-state index in [1.807, 2.05) is 30.3 Å². The summed E-state index contributed by atoms with van der Waals surface area (Å²) in [7, 11) is 0. The Balaban J connectivity index is 1.65. The maximum atomic E-state index is 12.1. The lowest BCUT2D eigenvalue weighted by molar-refractivity contribution is -0.171. The Morgan fingerprint density at radius 2 is 1.55 bits per heavy atom. The smallest absolute Gasteiger partial charge is 0.449 e. The molecule has 2 rings (SSSR count). The van der Waals surface area contributed by atoms with Crippen LogP contribution in [0.2, 0.25) is 0 Å². The van der Waals surface area contributed by atoms with Crippen molar-refractivity contribution in [2.75, 3.05) is 5.32 Å². The molecule has 0 aromatic heterocycles. The summed E-state index contributed by atoms with van der Waals surface area (Å²) in [6, 6.07) is 16.8. The van der Waals surface area contributed by atoms with Gasteiger partial charge in [0.1, 0.15) is 12.4 Å². The molecule has 1 amide bonds. The van der Waals surface area contributed by atoms with Crippen LogP contribution in [0.3, 0.4) is 0 Å². The summed E-state index contributed by atoms with van der Waals surface area (Å²) in [6.07, 6.45) is -3.17. The summed E-state index contributed by atoms with van der Waals surface area (Å²) in [5.74, 6) is -1.22. The second-order valence-corrected chi connectivity index (χ2v) is 6.69. The topological polar surface area (TPSA) is 55.4 Å². The molecule has 0 atom stereocenters. The van der Waals surface area contributed by atoms with Gasteiger partial charge < -0.3 is 10.1 Å². The second-order valence-electron chi connectivity index (χ2n) is 6.69. The second kappa shape index (κ2) is 11.2. The molecule has 29 heavy (non-hydrogen) atoms. The van der Waals surface area contributed by atoms with Crippen molar-refractivity contribution in [2.45, 2.75) is 51.3 Å². The van der Waals surface area contributed by atoms with Crippen LogP contribution in [0.15, 0.2) is 54.6 Å². The number of anilines is 1. The Hall–Kier alpha value is -2.83. The van der Waals surface area contributed by atoms with Gasteiger partial charge in [0.25, 0.3) is 0 Å². The fourth-order valence-electron chi connectivity index (χ4n) is 2.69. The number of nitrogens with one attached hydrogen (secondary N) is 1. The van der Waals surface area contributed by atoms with Crippen LogP contribution in [-0.4, -0.2) is 17.9 Å². The molecule has 0 aliphatic carbocycles. The van der Waals surface area contributed by atoms with E-state index in [1.54, 1.807) is 24.3 Å². The van der Waals surface area contributed by atoms with Crippen LogP contribution in [0.4, 0.5) is 18.9 Å². The molecular weight excluding hydrogens is 383 g/mol. The highest BCUT2D eigenvalue weighted by molar-refractivity contribution is 5.90. The first-order valence-electron chi connectivity index (χ1n) is 9.51. The van der Waals surface area contributed by atoms with Gasteiger partial charge in [0.2, 0.25) is 11.7 Å². The zero-order valence-corrected chi connectivity index (χ0v) is 16.0. The number of hydrogen-bond donors (Lipinski definition) is 1. The number of ether oxygens (including phenoxy) is 1. The first kappa shape index (κ1) is 22.5. The molecular formula is C22H24F3NO3. The van der Waals surface area contributed by atoms with Crippen LogP contribution in [-0.2, 0) is 16.2 Å². The summed E-state index contributed by atoms with van der Waals surface area (Å²) >= 11 is 0. The number of alkyl halides is 3. The molecule has 0 spiro atoms. The van der Waals surface area contributed by atoms with Crippen molar-refractivity contribution in [3.05, 3.63) is 60.2 Å². The molecule has 1 N–H and O–H groups in total. The number of benzene rings is 2. The summed E-state index contributed by atoms with van der Waals surface area (Å²) < 4.78 is 42.0. The van der Waals surface area contributed by atoms with E-state index in [2.05, 4.69) is 5.32 Å². The molecule has 2 aromatic carbocycles. The molecule has 0 aliphatic heterocycles. The number of carbonyl (C=O) groups is 2. The monoisotopic (exact) mass is 407 g/mol. The van der Waals surface area contributed by atoms with Crippen molar-refractivity contribution in [2.24, 2.45) is 0 Å². The summed E-state index contributed by atoms with van der Waals surface area (Å²) in [6.45, 7) is 0.426. The van der Waals surface area contributed by atoms with Gasteiger partial charge >= 0.3 is 6.18 Å². The fraction of sp³-hybridized carbons (Fsp3) is 0.364. The number of halogens is 3. The van der Waals surface area contributed by atoms with Gasteiger partial charge in [0.15, 0.2) is 0 Å². The van der Waals surface area contributed by atoms with Gasteiger partial charge in [-0.05, 0) is 30.5 Å². The molecule has 4 nitrogen and oxygen atoms in total. The molecule has 0 bridgehead atoms. The van der Waals surface area contributed by atoms with E-state index >= 15 is 0 Å². The Morgan fingerprint density at radius 3 is 2.24 bits per heavy atom. The average molecular weight is 407 g/mol. The van der Waals surface area contributed by atoms with E-state index in [0.717, 1.165) is 5.56 Å². The van der Waals surface area contributed by atoms with E-state index < -0.39 is 18.4 Å². The predicted molar refractivity (Wildman–Crippen MR) is 105 cm³/mol. The number of unbranched alkanes of at least 4 members (excludes halogenated alkanes) is 3. The molecule has 7 heteroatoms. The first-order chi connectivity index (χ1) is 13.8. The number of hydrogen-bond acceptors (Lipinski definition) is 3. The van der Waals surface area contributed by atoms with Crippen LogP contribution in [0, 0.1) is 0 Å². The Bertz CT molecular complexity index is 791. The standard InChI is InChI=1S/C22H24F3NO3/c23-22(24,25)20(27)13-6-1-2-7-14-21(28)26-18-11-8-12-19(15-18)29-16-17-9-4-3-5-10-17/h3-5,8-12,15H,1-2,6-7,13-14,16H2,(H,26,28). The maximum Gasteiger partial charge on any atom is 0.449 e. The largest absolute Gasteiger partial charge is 0.489 e. The van der Waals surface area contributed by atoms with Gasteiger partial charge in [-0.1, -0.05) is 49.2 Å². The highest BCUT2D eigenvalue weighted by Gasteiger charge is 2.36. The predicted octanol–water partition coefficient (Wildman–Crippen LogP) is 5.68. The molecule has 0 unspecified atom stereocenters. The lowest BCUT2D eigenvalue weighted by Crippen LogP contribution is -2.22. The van der Waals surface area contributed by atoms with Gasteiger partial charge in [-0.15, -0.1) is 0 Å². The zero-order chi connectivity index (χ0) is 21.1. The lowest BCUT2D eigenvalue weighted by atomic mass is 10.1. The molecule has 2 aromatic rings. The van der Waals surface area contributed by atoms with E-state index in [-0.39, 0.29) is 18.7 Å². The van der Waals surface area contributed by atoms with Gasteiger partial charge in [0, 0.05) is 24.6 Å². The highest BCUT2D eigenvalue weighted by atomic mass is 19.4. The van der Waals surface area contributed by atoms with Crippen LogP contribution in [0.1, 0.15) is 44.1 Å². The fourth-order valence-corrected chi connectivity index (χ4v) is 2.69. The minimum absolute atomic E-state index is 0.170. The number of Topliss-reactive ketones (excluding diaryl/α,β-unsaturated/α-hetero) is 1. The first-order valence-corrected chi connectivity index (χ1v) is 9.51. The third-order valence-corrected chi connectivity index (χ3v) is 4.24. The number of carbonyl (C=O) groups excluding carboxylic acids is 2. The Labute approximate surface area is 168 Å². The summed E-state index contributed by atoms with van der Waals surface area (Å²) in [4.78, 5) is 22.8. The van der Waals surface area contributed by atoms with Gasteiger partial charge in [-0.25, -0.2) is 0 Å². The zero-order valence-electron chi connectivity index (χ0n) is 16.0. The van der Waals surface area contributed by atoms with Crippen LogP contribution in [0.25, 0.3) is 0 Å². The SMILES string of the molecule is O=C(CCCCCCC(=O)C(F)(F)F)Nc1cccc(OCc2ccccc2)c1. The Kier molecular flexibility index (Phi) is 8.70. The van der Waals surface area contributed by atoms with Crippen molar-refractivity contribution in [1.82, 2.24) is 0 Å². The molecule has 0 heterocycles. The number of ketones is 1. The third-order valence-electron chi connectivity index (χ3n) is 4.24. The van der Waals surface area contributed by atoms with E-state index in [1.165, 1.54) is 0 Å². The molecule has 156 valence electrons. The molecule has 0 saturated heterocycles. The normalized spacial score (nSPS) is 11.1. The average Bonchev–Trinajstić information content (AvgIpc) is 2.69. The molecule has 0 saturated carbocycles. The summed E-state index contributed by atoms with van der Waals surface area (Å²) in [5, 5.41) is 2.79. The van der Waals surface area contributed by atoms with Crippen LogP contribution >= 0.6 is 0 Å². The van der Waals surface area contributed by atoms with E-state index in [9.17, 15) is 22.8 Å². The molecule has 0 fully saturated rings. The quantitative estimate of drug-likeness (QED) is 0.488. The van der Waals surface area contributed by atoms with Crippen molar-refractivity contribution in [3.8, 4) is 5.75 Å². The van der Waals surface area contributed by atoms with Crippen LogP contribution in [0.5, 0.6) is 5.75 Å². The minimum atomic E-state index is -4.75. The lowest BCUT2D eigenvalue weighted by Gasteiger charge is -2.09. The van der Waals surface area contributed by atoms with Crippen LogP contribution < -0.4 is 10.1 Å². The maximum absolute atomic E-state index is 12.1. The number of amides is 1. The van der Waals surface area contributed by atoms with E-state index in [0.29, 0.717) is 37.3 Å². The third kappa shape index (κ3) is 8.81. The molecule has 0 aliphatic rings. The minimum Gasteiger partial charge on any atom is -0.489 e. The Morgan fingerprint density at radius 1 is 0.862 bits per heavy atom. The molecule has 0 radical (unpaired) electrons.